The van der Waals surface area contributed by atoms with E-state index in [0.29, 0.717) is 17.9 Å². The highest BCUT2D eigenvalue weighted by Crippen LogP contribution is 2.23. The summed E-state index contributed by atoms with van der Waals surface area (Å²) in [5, 5.41) is 25.6. The first-order valence-corrected chi connectivity index (χ1v) is 10.1. The molecule has 1 aliphatic rings. The van der Waals surface area contributed by atoms with Gasteiger partial charge in [-0.3, -0.25) is 19.9 Å². The zero-order valence-corrected chi connectivity index (χ0v) is 17.8. The fraction of sp³-hybridized carbons (Fsp3) is 0.364. The molecule has 1 heterocycles. The van der Waals surface area contributed by atoms with Crippen molar-refractivity contribution >= 4 is 17.6 Å². The Balaban J connectivity index is 0.000000534. The van der Waals surface area contributed by atoms with Crippen molar-refractivity contribution in [1.82, 2.24) is 9.80 Å². The molecule has 2 aromatic carbocycles. The van der Waals surface area contributed by atoms with Gasteiger partial charge in [0.25, 0.3) is 5.69 Å². The molecule has 0 aromatic heterocycles. The van der Waals surface area contributed by atoms with Gasteiger partial charge < -0.3 is 14.9 Å². The number of carboxylic acid groups (broad SMARTS) is 2. The average Bonchev–Trinajstić information content (AvgIpc) is 2.76. The highest BCUT2D eigenvalue weighted by Gasteiger charge is 2.17. The van der Waals surface area contributed by atoms with Crippen molar-refractivity contribution < 1.29 is 29.5 Å². The minimum Gasteiger partial charge on any atom is -0.492 e. The molecule has 32 heavy (non-hydrogen) atoms. The SMILES string of the molecule is Cc1cc(OCCN2CCN(Cc3ccccc3)CC2)ccc1[N+](=O)[O-].O=C(O)C(=O)O. The van der Waals surface area contributed by atoms with Gasteiger partial charge in [0.2, 0.25) is 0 Å². The van der Waals surface area contributed by atoms with Crippen molar-refractivity contribution in [2.75, 3.05) is 39.3 Å². The molecule has 1 fully saturated rings. The third-order valence-electron chi connectivity index (χ3n) is 4.94. The van der Waals surface area contributed by atoms with Crippen molar-refractivity contribution in [3.05, 3.63) is 69.8 Å². The molecule has 0 amide bonds. The minimum absolute atomic E-state index is 0.131. The lowest BCUT2D eigenvalue weighted by atomic mass is 10.2. The van der Waals surface area contributed by atoms with Crippen LogP contribution < -0.4 is 4.74 Å². The van der Waals surface area contributed by atoms with Crippen LogP contribution in [0.1, 0.15) is 11.1 Å². The lowest BCUT2D eigenvalue weighted by molar-refractivity contribution is -0.385. The summed E-state index contributed by atoms with van der Waals surface area (Å²) in [5.74, 6) is -2.96. The van der Waals surface area contributed by atoms with E-state index in [9.17, 15) is 10.1 Å². The Morgan fingerprint density at radius 1 is 1.00 bits per heavy atom. The van der Waals surface area contributed by atoms with Gasteiger partial charge in [0.1, 0.15) is 12.4 Å². The number of hydrogen-bond donors (Lipinski definition) is 2. The molecule has 0 unspecified atom stereocenters. The molecule has 0 bridgehead atoms. The number of rotatable bonds is 7. The van der Waals surface area contributed by atoms with E-state index in [-0.39, 0.29) is 10.6 Å². The van der Waals surface area contributed by atoms with Gasteiger partial charge in [0, 0.05) is 50.9 Å². The number of carbonyl (C=O) groups is 2. The lowest BCUT2D eigenvalue weighted by Gasteiger charge is -2.34. The van der Waals surface area contributed by atoms with Crippen molar-refractivity contribution in [3.8, 4) is 5.75 Å². The van der Waals surface area contributed by atoms with Crippen molar-refractivity contribution in [2.45, 2.75) is 13.5 Å². The van der Waals surface area contributed by atoms with Gasteiger partial charge >= 0.3 is 11.9 Å². The monoisotopic (exact) mass is 445 g/mol. The van der Waals surface area contributed by atoms with Gasteiger partial charge in [0.05, 0.1) is 4.92 Å². The Bertz CT molecular complexity index is 901. The molecule has 10 heteroatoms. The van der Waals surface area contributed by atoms with Crippen LogP contribution in [0.25, 0.3) is 0 Å². The maximum Gasteiger partial charge on any atom is 0.414 e. The van der Waals surface area contributed by atoms with E-state index in [1.807, 2.05) is 6.07 Å². The van der Waals surface area contributed by atoms with Crippen LogP contribution in [-0.4, -0.2) is 76.2 Å². The summed E-state index contributed by atoms with van der Waals surface area (Å²) in [6.07, 6.45) is 0. The first kappa shape index (κ1) is 24.8. The molecule has 2 aromatic rings. The Morgan fingerprint density at radius 2 is 1.59 bits per heavy atom. The largest absolute Gasteiger partial charge is 0.492 e. The highest BCUT2D eigenvalue weighted by molar-refractivity contribution is 6.27. The van der Waals surface area contributed by atoms with Gasteiger partial charge in [-0.1, -0.05) is 30.3 Å². The third kappa shape index (κ3) is 8.32. The van der Waals surface area contributed by atoms with Gasteiger partial charge in [-0.15, -0.1) is 0 Å². The van der Waals surface area contributed by atoms with Gasteiger partial charge in [-0.25, -0.2) is 9.59 Å². The molecule has 0 spiro atoms. The first-order valence-electron chi connectivity index (χ1n) is 10.1. The summed E-state index contributed by atoms with van der Waals surface area (Å²) in [6.45, 7) is 8.40. The van der Waals surface area contributed by atoms with Crippen LogP contribution in [0.3, 0.4) is 0 Å². The molecule has 0 aliphatic carbocycles. The summed E-state index contributed by atoms with van der Waals surface area (Å²) < 4.78 is 5.77. The van der Waals surface area contributed by atoms with E-state index in [0.717, 1.165) is 39.3 Å². The number of ether oxygens (including phenoxy) is 1. The number of carboxylic acids is 2. The fourth-order valence-corrected chi connectivity index (χ4v) is 3.23. The van der Waals surface area contributed by atoms with Crippen LogP contribution in [0.2, 0.25) is 0 Å². The Morgan fingerprint density at radius 3 is 2.12 bits per heavy atom. The van der Waals surface area contributed by atoms with E-state index in [4.69, 9.17) is 24.5 Å². The van der Waals surface area contributed by atoms with Gasteiger partial charge in [-0.2, -0.15) is 0 Å². The Kier molecular flexibility index (Phi) is 9.58. The fourth-order valence-electron chi connectivity index (χ4n) is 3.23. The molecule has 1 saturated heterocycles. The number of benzene rings is 2. The van der Waals surface area contributed by atoms with Gasteiger partial charge in [-0.05, 0) is 24.6 Å². The second kappa shape index (κ2) is 12.4. The van der Waals surface area contributed by atoms with E-state index in [2.05, 4.69) is 34.1 Å². The second-order valence-corrected chi connectivity index (χ2v) is 7.27. The summed E-state index contributed by atoms with van der Waals surface area (Å²) in [7, 11) is 0. The van der Waals surface area contributed by atoms with E-state index >= 15 is 0 Å². The van der Waals surface area contributed by atoms with Crippen molar-refractivity contribution in [2.24, 2.45) is 0 Å². The van der Waals surface area contributed by atoms with Crippen LogP contribution in [0.15, 0.2) is 48.5 Å². The average molecular weight is 445 g/mol. The number of nitro benzene ring substituents is 1. The van der Waals surface area contributed by atoms with Crippen LogP contribution in [-0.2, 0) is 16.1 Å². The smallest absolute Gasteiger partial charge is 0.414 e. The van der Waals surface area contributed by atoms with Crippen molar-refractivity contribution in [3.63, 3.8) is 0 Å². The molecule has 172 valence electrons. The zero-order valence-electron chi connectivity index (χ0n) is 17.8. The first-order chi connectivity index (χ1) is 15.3. The van der Waals surface area contributed by atoms with Crippen molar-refractivity contribution in [1.29, 1.82) is 0 Å². The molecular formula is C22H27N3O7. The third-order valence-corrected chi connectivity index (χ3v) is 4.94. The number of nitrogens with zero attached hydrogens (tertiary/aromatic N) is 3. The molecule has 3 rings (SSSR count). The van der Waals surface area contributed by atoms with Crippen LogP contribution >= 0.6 is 0 Å². The van der Waals surface area contributed by atoms with E-state index in [1.165, 1.54) is 11.6 Å². The van der Waals surface area contributed by atoms with Gasteiger partial charge in [0.15, 0.2) is 0 Å². The normalized spacial score (nSPS) is 14.2. The minimum atomic E-state index is -1.82. The second-order valence-electron chi connectivity index (χ2n) is 7.27. The molecule has 1 aliphatic heterocycles. The summed E-state index contributed by atoms with van der Waals surface area (Å²) in [6, 6.07) is 15.5. The predicted molar refractivity (Wildman–Crippen MR) is 117 cm³/mol. The Labute approximate surface area is 185 Å². The highest BCUT2D eigenvalue weighted by atomic mass is 16.6. The molecule has 2 N–H and O–H groups in total. The number of hydrogen-bond acceptors (Lipinski definition) is 7. The number of aryl methyl sites for hydroxylation is 1. The topological polar surface area (TPSA) is 133 Å². The molecular weight excluding hydrogens is 418 g/mol. The Hall–Kier alpha value is -3.50. The summed E-state index contributed by atoms with van der Waals surface area (Å²) in [5.41, 5.74) is 2.12. The molecule has 0 saturated carbocycles. The number of piperazine rings is 1. The van der Waals surface area contributed by atoms with Crippen LogP contribution in [0.4, 0.5) is 5.69 Å². The quantitative estimate of drug-likeness (QED) is 0.374. The summed E-state index contributed by atoms with van der Waals surface area (Å²) in [4.78, 5) is 33.6. The van der Waals surface area contributed by atoms with E-state index in [1.54, 1.807) is 19.1 Å². The maximum atomic E-state index is 10.8. The van der Waals surface area contributed by atoms with Crippen LogP contribution in [0.5, 0.6) is 5.75 Å². The molecule has 0 radical (unpaired) electrons. The maximum absolute atomic E-state index is 10.8. The number of nitro groups is 1. The molecule has 10 nitrogen and oxygen atoms in total. The van der Waals surface area contributed by atoms with Crippen LogP contribution in [0, 0.1) is 17.0 Å². The molecule has 0 atom stereocenters. The predicted octanol–water partition coefficient (Wildman–Crippen LogP) is 2.26. The number of aliphatic carboxylic acids is 2. The zero-order chi connectivity index (χ0) is 23.5. The summed E-state index contributed by atoms with van der Waals surface area (Å²) >= 11 is 0. The lowest BCUT2D eigenvalue weighted by Crippen LogP contribution is -2.47. The standard InChI is InChI=1S/C20H25N3O3.C2H2O4/c1-17-15-19(7-8-20(17)23(24)25)26-14-13-21-9-11-22(12-10-21)16-18-5-3-2-4-6-18;3-1(4)2(5)6/h2-8,15H,9-14,16H2,1H3;(H,3,4)(H,5,6). The van der Waals surface area contributed by atoms with E-state index < -0.39 is 11.9 Å².